The molecule has 1 aromatic heterocycles. The Hall–Kier alpha value is -2.63. The lowest BCUT2D eigenvalue weighted by molar-refractivity contribution is -0.117. The second-order valence-corrected chi connectivity index (χ2v) is 7.03. The first kappa shape index (κ1) is 19.1. The van der Waals surface area contributed by atoms with Gasteiger partial charge in [0.2, 0.25) is 11.8 Å². The fraction of sp³-hybridized carbons (Fsp3) is 0.238. The molecule has 0 aliphatic rings. The van der Waals surface area contributed by atoms with Crippen molar-refractivity contribution in [1.82, 2.24) is 9.88 Å². The van der Waals surface area contributed by atoms with Crippen molar-refractivity contribution in [3.8, 4) is 11.3 Å². The smallest absolute Gasteiger partial charge is 0.238 e. The van der Waals surface area contributed by atoms with Gasteiger partial charge in [-0.2, -0.15) is 0 Å². The SMILES string of the molecule is Cc1cccc(NC(=O)CN(C)Cc2ncc(-c3ccc(Cl)cc3)o2)c1C. The van der Waals surface area contributed by atoms with Crippen molar-refractivity contribution in [1.29, 1.82) is 0 Å². The molecule has 3 aromatic rings. The fourth-order valence-electron chi connectivity index (χ4n) is 2.74. The lowest BCUT2D eigenvalue weighted by Crippen LogP contribution is -2.30. The Bertz CT molecular complexity index is 935. The van der Waals surface area contributed by atoms with Crippen LogP contribution in [-0.2, 0) is 11.3 Å². The topological polar surface area (TPSA) is 58.4 Å². The Balaban J connectivity index is 1.57. The van der Waals surface area contributed by atoms with Gasteiger partial charge in [-0.1, -0.05) is 23.7 Å². The molecule has 0 aliphatic carbocycles. The number of nitrogens with one attached hydrogen (secondary N) is 1. The highest BCUT2D eigenvalue weighted by atomic mass is 35.5. The second-order valence-electron chi connectivity index (χ2n) is 6.59. The highest BCUT2D eigenvalue weighted by molar-refractivity contribution is 6.30. The first-order valence-electron chi connectivity index (χ1n) is 8.67. The number of hydrogen-bond acceptors (Lipinski definition) is 4. The van der Waals surface area contributed by atoms with Crippen LogP contribution in [0.5, 0.6) is 0 Å². The number of carbonyl (C=O) groups excluding carboxylic acids is 1. The Morgan fingerprint density at radius 1 is 1.19 bits per heavy atom. The van der Waals surface area contributed by atoms with Crippen LogP contribution >= 0.6 is 11.6 Å². The molecule has 0 unspecified atom stereocenters. The molecule has 0 saturated heterocycles. The Morgan fingerprint density at radius 2 is 1.93 bits per heavy atom. The molecular weight excluding hydrogens is 362 g/mol. The van der Waals surface area contributed by atoms with Crippen LogP contribution < -0.4 is 5.32 Å². The standard InChI is InChI=1S/C21H22ClN3O2/c1-14-5-4-6-18(15(14)2)24-20(26)12-25(3)13-21-23-11-19(27-21)16-7-9-17(22)10-8-16/h4-11H,12-13H2,1-3H3,(H,24,26). The number of carbonyl (C=O) groups is 1. The van der Waals surface area contributed by atoms with Gasteiger partial charge in [-0.25, -0.2) is 4.98 Å². The number of halogens is 1. The number of nitrogens with zero attached hydrogens (tertiary/aromatic N) is 2. The Morgan fingerprint density at radius 3 is 2.67 bits per heavy atom. The maximum Gasteiger partial charge on any atom is 0.238 e. The minimum atomic E-state index is -0.0734. The molecule has 140 valence electrons. The summed E-state index contributed by atoms with van der Waals surface area (Å²) in [5, 5.41) is 3.63. The maximum atomic E-state index is 12.3. The van der Waals surface area contributed by atoms with Gasteiger partial charge in [0.25, 0.3) is 0 Å². The summed E-state index contributed by atoms with van der Waals surface area (Å²) < 4.78 is 5.79. The van der Waals surface area contributed by atoms with E-state index in [-0.39, 0.29) is 12.5 Å². The van der Waals surface area contributed by atoms with E-state index in [4.69, 9.17) is 16.0 Å². The van der Waals surface area contributed by atoms with Gasteiger partial charge < -0.3 is 9.73 Å². The molecule has 0 atom stereocenters. The summed E-state index contributed by atoms with van der Waals surface area (Å²) in [5.74, 6) is 1.16. The normalized spacial score (nSPS) is 11.0. The summed E-state index contributed by atoms with van der Waals surface area (Å²) in [7, 11) is 1.86. The molecule has 0 saturated carbocycles. The molecule has 0 bridgehead atoms. The van der Waals surface area contributed by atoms with Crippen LogP contribution in [0.4, 0.5) is 5.69 Å². The van der Waals surface area contributed by atoms with Crippen LogP contribution in [0.2, 0.25) is 5.02 Å². The molecule has 2 aromatic carbocycles. The molecule has 0 radical (unpaired) electrons. The van der Waals surface area contributed by atoms with Gasteiger partial charge in [0.1, 0.15) is 0 Å². The molecular formula is C21H22ClN3O2. The zero-order chi connectivity index (χ0) is 19.4. The van der Waals surface area contributed by atoms with E-state index in [1.807, 2.05) is 68.3 Å². The maximum absolute atomic E-state index is 12.3. The van der Waals surface area contributed by atoms with Crippen LogP contribution in [0.1, 0.15) is 17.0 Å². The number of rotatable bonds is 6. The summed E-state index contributed by atoms with van der Waals surface area (Å²) >= 11 is 5.91. The van der Waals surface area contributed by atoms with Crippen molar-refractivity contribution in [2.24, 2.45) is 0 Å². The highest BCUT2D eigenvalue weighted by Gasteiger charge is 2.13. The van der Waals surface area contributed by atoms with Gasteiger partial charge in [-0.15, -0.1) is 0 Å². The average molecular weight is 384 g/mol. The lowest BCUT2D eigenvalue weighted by Gasteiger charge is -2.15. The molecule has 0 spiro atoms. The van der Waals surface area contributed by atoms with Gasteiger partial charge >= 0.3 is 0 Å². The Kier molecular flexibility index (Phi) is 5.94. The van der Waals surface area contributed by atoms with Crippen molar-refractivity contribution in [2.75, 3.05) is 18.9 Å². The predicted octanol–water partition coefficient (Wildman–Crippen LogP) is 4.68. The van der Waals surface area contributed by atoms with Gasteiger partial charge in [-0.05, 0) is 62.4 Å². The molecule has 5 nitrogen and oxygen atoms in total. The minimum absolute atomic E-state index is 0.0734. The minimum Gasteiger partial charge on any atom is -0.439 e. The summed E-state index contributed by atoms with van der Waals surface area (Å²) in [6.45, 7) is 4.71. The van der Waals surface area contributed by atoms with Crippen molar-refractivity contribution < 1.29 is 9.21 Å². The lowest BCUT2D eigenvalue weighted by atomic mass is 10.1. The Labute approximate surface area is 164 Å². The van der Waals surface area contributed by atoms with E-state index in [1.54, 1.807) is 6.20 Å². The van der Waals surface area contributed by atoms with Crippen molar-refractivity contribution >= 4 is 23.2 Å². The van der Waals surface area contributed by atoms with Crippen molar-refractivity contribution in [2.45, 2.75) is 20.4 Å². The largest absolute Gasteiger partial charge is 0.439 e. The molecule has 0 aliphatic heterocycles. The van der Waals surface area contributed by atoms with Crippen LogP contribution in [-0.4, -0.2) is 29.4 Å². The third kappa shape index (κ3) is 4.96. The number of likely N-dealkylation sites (N-methyl/N-ethyl adjacent to an activating group) is 1. The van der Waals surface area contributed by atoms with Crippen molar-refractivity contribution in [3.63, 3.8) is 0 Å². The number of benzene rings is 2. The van der Waals surface area contributed by atoms with E-state index in [0.29, 0.717) is 23.2 Å². The number of aromatic nitrogens is 1. The molecule has 3 rings (SSSR count). The van der Waals surface area contributed by atoms with Gasteiger partial charge in [0.15, 0.2) is 5.76 Å². The van der Waals surface area contributed by atoms with Gasteiger partial charge in [0.05, 0.1) is 19.3 Å². The van der Waals surface area contributed by atoms with E-state index in [9.17, 15) is 4.79 Å². The number of hydrogen-bond donors (Lipinski definition) is 1. The van der Waals surface area contributed by atoms with Crippen LogP contribution in [0.3, 0.4) is 0 Å². The fourth-order valence-corrected chi connectivity index (χ4v) is 2.87. The average Bonchev–Trinajstić information content (AvgIpc) is 3.07. The molecule has 1 heterocycles. The predicted molar refractivity (Wildman–Crippen MR) is 108 cm³/mol. The second kappa shape index (κ2) is 8.37. The number of amides is 1. The summed E-state index contributed by atoms with van der Waals surface area (Å²) in [5.41, 5.74) is 3.98. The molecule has 6 heteroatoms. The summed E-state index contributed by atoms with van der Waals surface area (Å²) in [6.07, 6.45) is 1.68. The van der Waals surface area contributed by atoms with Crippen LogP contribution in [0.15, 0.2) is 53.1 Å². The zero-order valence-corrected chi connectivity index (χ0v) is 16.4. The summed E-state index contributed by atoms with van der Waals surface area (Å²) in [6, 6.07) is 13.3. The number of oxazole rings is 1. The number of anilines is 1. The van der Waals surface area contributed by atoms with E-state index >= 15 is 0 Å². The molecule has 1 N–H and O–H groups in total. The van der Waals surface area contributed by atoms with Gasteiger partial charge in [-0.3, -0.25) is 9.69 Å². The number of aryl methyl sites for hydroxylation is 1. The van der Waals surface area contributed by atoms with Crippen molar-refractivity contribution in [3.05, 3.63) is 70.7 Å². The monoisotopic (exact) mass is 383 g/mol. The first-order chi connectivity index (χ1) is 12.9. The third-order valence-corrected chi connectivity index (χ3v) is 4.63. The van der Waals surface area contributed by atoms with Crippen LogP contribution in [0, 0.1) is 13.8 Å². The first-order valence-corrected chi connectivity index (χ1v) is 9.05. The highest BCUT2D eigenvalue weighted by Crippen LogP contribution is 2.23. The third-order valence-electron chi connectivity index (χ3n) is 4.38. The molecule has 1 amide bonds. The van der Waals surface area contributed by atoms with E-state index in [0.717, 1.165) is 22.4 Å². The van der Waals surface area contributed by atoms with Gasteiger partial charge in [0, 0.05) is 16.3 Å². The molecule has 0 fully saturated rings. The van der Waals surface area contributed by atoms with Crippen LogP contribution in [0.25, 0.3) is 11.3 Å². The van der Waals surface area contributed by atoms with E-state index < -0.39 is 0 Å². The summed E-state index contributed by atoms with van der Waals surface area (Å²) in [4.78, 5) is 18.5. The quantitative estimate of drug-likeness (QED) is 0.671. The zero-order valence-electron chi connectivity index (χ0n) is 15.6. The molecule has 27 heavy (non-hydrogen) atoms. The van der Waals surface area contributed by atoms with E-state index in [1.165, 1.54) is 0 Å². The van der Waals surface area contributed by atoms with E-state index in [2.05, 4.69) is 10.3 Å².